The van der Waals surface area contributed by atoms with Crippen molar-refractivity contribution in [3.05, 3.63) is 35.4 Å². The summed E-state index contributed by atoms with van der Waals surface area (Å²) in [5.41, 5.74) is 2.38. The number of carboxylic acid groups (broad SMARTS) is 1. The van der Waals surface area contributed by atoms with E-state index in [1.54, 1.807) is 13.8 Å². The lowest BCUT2D eigenvalue weighted by atomic mass is 10.0. The van der Waals surface area contributed by atoms with Crippen molar-refractivity contribution in [3.63, 3.8) is 0 Å². The maximum atomic E-state index is 12.1. The summed E-state index contributed by atoms with van der Waals surface area (Å²) in [5.74, 6) is -1.08. The van der Waals surface area contributed by atoms with Gasteiger partial charge in [0, 0.05) is 5.92 Å². The van der Waals surface area contributed by atoms with Crippen molar-refractivity contribution in [3.8, 4) is 0 Å². The Hall–Kier alpha value is -1.84. The number of amides is 1. The van der Waals surface area contributed by atoms with E-state index in [9.17, 15) is 9.59 Å². The molecule has 1 amide bonds. The van der Waals surface area contributed by atoms with Crippen LogP contribution < -0.4 is 5.32 Å². The average molecular weight is 275 g/mol. The molecular formula is C16H21NO3. The summed E-state index contributed by atoms with van der Waals surface area (Å²) < 4.78 is 0. The molecule has 2 rings (SSSR count). The van der Waals surface area contributed by atoms with Crippen molar-refractivity contribution >= 4 is 11.9 Å². The molecule has 108 valence electrons. The molecule has 1 fully saturated rings. The third-order valence-electron chi connectivity index (χ3n) is 3.95. The third-order valence-corrected chi connectivity index (χ3v) is 3.95. The molecule has 20 heavy (non-hydrogen) atoms. The zero-order valence-corrected chi connectivity index (χ0v) is 12.1. The molecule has 0 bridgehead atoms. The first-order valence-corrected chi connectivity index (χ1v) is 7.00. The quantitative estimate of drug-likeness (QED) is 0.866. The van der Waals surface area contributed by atoms with Crippen molar-refractivity contribution in [1.82, 2.24) is 5.32 Å². The number of benzene rings is 1. The summed E-state index contributed by atoms with van der Waals surface area (Å²) in [6, 6.07) is 7.24. The number of hydrogen-bond acceptors (Lipinski definition) is 2. The Morgan fingerprint density at radius 3 is 2.50 bits per heavy atom. The molecule has 0 radical (unpaired) electrons. The van der Waals surface area contributed by atoms with Crippen LogP contribution in [0.15, 0.2) is 24.3 Å². The summed E-state index contributed by atoms with van der Waals surface area (Å²) in [6.07, 6.45) is 0.807. The van der Waals surface area contributed by atoms with Gasteiger partial charge in [0.15, 0.2) is 0 Å². The monoisotopic (exact) mass is 275 g/mol. The lowest BCUT2D eigenvalue weighted by Crippen LogP contribution is -2.45. The van der Waals surface area contributed by atoms with Gasteiger partial charge >= 0.3 is 5.97 Å². The van der Waals surface area contributed by atoms with Crippen LogP contribution >= 0.6 is 0 Å². The van der Waals surface area contributed by atoms with Crippen LogP contribution in [0.25, 0.3) is 0 Å². The van der Waals surface area contributed by atoms with E-state index in [-0.39, 0.29) is 23.7 Å². The Kier molecular flexibility index (Phi) is 4.12. The van der Waals surface area contributed by atoms with E-state index in [1.807, 2.05) is 31.2 Å². The van der Waals surface area contributed by atoms with E-state index in [2.05, 4.69) is 5.32 Å². The number of carbonyl (C=O) groups excluding carboxylic acids is 1. The Balaban J connectivity index is 2.00. The van der Waals surface area contributed by atoms with E-state index < -0.39 is 12.0 Å². The summed E-state index contributed by atoms with van der Waals surface area (Å²) >= 11 is 0. The zero-order chi connectivity index (χ0) is 14.9. The Labute approximate surface area is 119 Å². The fourth-order valence-electron chi connectivity index (χ4n) is 2.61. The second-order valence-electron chi connectivity index (χ2n) is 5.87. The first-order chi connectivity index (χ1) is 9.41. The number of nitrogens with one attached hydrogen (secondary N) is 1. The van der Waals surface area contributed by atoms with Gasteiger partial charge in [-0.1, -0.05) is 38.1 Å². The van der Waals surface area contributed by atoms with Gasteiger partial charge in [-0.05, 0) is 36.3 Å². The third kappa shape index (κ3) is 3.00. The lowest BCUT2D eigenvalue weighted by molar-refractivity contribution is -0.143. The molecule has 0 saturated heterocycles. The van der Waals surface area contributed by atoms with Gasteiger partial charge in [-0.25, -0.2) is 4.79 Å². The van der Waals surface area contributed by atoms with E-state index >= 15 is 0 Å². The Morgan fingerprint density at radius 2 is 1.95 bits per heavy atom. The van der Waals surface area contributed by atoms with Crippen LogP contribution in [0.3, 0.4) is 0 Å². The van der Waals surface area contributed by atoms with E-state index in [1.165, 1.54) is 11.1 Å². The van der Waals surface area contributed by atoms with Gasteiger partial charge < -0.3 is 10.4 Å². The molecule has 1 saturated carbocycles. The summed E-state index contributed by atoms with van der Waals surface area (Å²) in [4.78, 5) is 23.3. The van der Waals surface area contributed by atoms with Crippen molar-refractivity contribution < 1.29 is 14.7 Å². The maximum absolute atomic E-state index is 12.1. The van der Waals surface area contributed by atoms with E-state index in [0.29, 0.717) is 0 Å². The number of rotatable bonds is 5. The summed E-state index contributed by atoms with van der Waals surface area (Å²) in [6.45, 7) is 5.63. The van der Waals surface area contributed by atoms with E-state index in [4.69, 9.17) is 5.11 Å². The molecule has 1 aliphatic carbocycles. The van der Waals surface area contributed by atoms with Gasteiger partial charge in [0.05, 0.1) is 0 Å². The number of aryl methyl sites for hydroxylation is 1. The van der Waals surface area contributed by atoms with Crippen LogP contribution in [-0.2, 0) is 9.59 Å². The normalized spacial score (nSPS) is 22.4. The van der Waals surface area contributed by atoms with Crippen LogP contribution in [0.4, 0.5) is 0 Å². The standard InChI is InChI=1S/C16H21NO3/c1-9(2)14(16(19)20)17-15(18)13-8-12(13)11-7-5-4-6-10(11)3/h4-7,9,12-14H,8H2,1-3H3,(H,17,18)(H,19,20)/t12?,13?,14-/m1/s1. The molecule has 1 aliphatic rings. The van der Waals surface area contributed by atoms with Gasteiger partial charge in [-0.15, -0.1) is 0 Å². The molecule has 2 unspecified atom stereocenters. The minimum absolute atomic E-state index is 0.0864. The highest BCUT2D eigenvalue weighted by molar-refractivity contribution is 5.87. The highest BCUT2D eigenvalue weighted by Gasteiger charge is 2.45. The Morgan fingerprint density at radius 1 is 1.30 bits per heavy atom. The second-order valence-corrected chi connectivity index (χ2v) is 5.87. The molecule has 2 N–H and O–H groups in total. The molecule has 0 aromatic heterocycles. The van der Waals surface area contributed by atoms with Gasteiger partial charge in [0.25, 0.3) is 0 Å². The molecular weight excluding hydrogens is 254 g/mol. The summed E-state index contributed by atoms with van der Waals surface area (Å²) in [7, 11) is 0. The predicted octanol–water partition coefficient (Wildman–Crippen LogP) is 2.32. The van der Waals surface area contributed by atoms with E-state index in [0.717, 1.165) is 6.42 Å². The first-order valence-electron chi connectivity index (χ1n) is 7.00. The van der Waals surface area contributed by atoms with Crippen LogP contribution in [0.1, 0.15) is 37.3 Å². The highest BCUT2D eigenvalue weighted by atomic mass is 16.4. The van der Waals surface area contributed by atoms with Crippen molar-refractivity contribution in [2.45, 2.75) is 39.2 Å². The molecule has 0 spiro atoms. The number of aliphatic carboxylic acids is 1. The molecule has 1 aromatic rings. The maximum Gasteiger partial charge on any atom is 0.326 e. The number of carbonyl (C=O) groups is 2. The molecule has 0 aliphatic heterocycles. The second kappa shape index (κ2) is 5.65. The van der Waals surface area contributed by atoms with Crippen molar-refractivity contribution in [2.75, 3.05) is 0 Å². The number of carboxylic acids is 1. The fraction of sp³-hybridized carbons (Fsp3) is 0.500. The van der Waals surface area contributed by atoms with Crippen molar-refractivity contribution in [1.29, 1.82) is 0 Å². The van der Waals surface area contributed by atoms with Crippen molar-refractivity contribution in [2.24, 2.45) is 11.8 Å². The van der Waals surface area contributed by atoms with Crippen LogP contribution in [0, 0.1) is 18.8 Å². The van der Waals surface area contributed by atoms with Crippen LogP contribution in [0.2, 0.25) is 0 Å². The SMILES string of the molecule is Cc1ccccc1C1CC1C(=O)N[C@@H](C(=O)O)C(C)C. The predicted molar refractivity (Wildman–Crippen MR) is 76.4 cm³/mol. The fourth-order valence-corrected chi connectivity index (χ4v) is 2.61. The average Bonchev–Trinajstić information content (AvgIpc) is 3.15. The molecule has 4 heteroatoms. The number of hydrogen-bond donors (Lipinski definition) is 2. The molecule has 3 atom stereocenters. The zero-order valence-electron chi connectivity index (χ0n) is 12.1. The smallest absolute Gasteiger partial charge is 0.326 e. The van der Waals surface area contributed by atoms with Crippen LogP contribution in [0.5, 0.6) is 0 Å². The Bertz CT molecular complexity index is 524. The molecule has 4 nitrogen and oxygen atoms in total. The van der Waals surface area contributed by atoms with Gasteiger partial charge in [-0.3, -0.25) is 4.79 Å². The molecule has 0 heterocycles. The largest absolute Gasteiger partial charge is 0.480 e. The topological polar surface area (TPSA) is 66.4 Å². The summed E-state index contributed by atoms with van der Waals surface area (Å²) in [5, 5.41) is 11.8. The highest BCUT2D eigenvalue weighted by Crippen LogP contribution is 2.48. The molecule has 1 aromatic carbocycles. The van der Waals surface area contributed by atoms with Gasteiger partial charge in [0.1, 0.15) is 6.04 Å². The minimum atomic E-state index is -0.971. The van der Waals surface area contributed by atoms with Crippen LogP contribution in [-0.4, -0.2) is 23.0 Å². The van der Waals surface area contributed by atoms with Gasteiger partial charge in [-0.2, -0.15) is 0 Å². The van der Waals surface area contributed by atoms with Gasteiger partial charge in [0.2, 0.25) is 5.91 Å². The lowest BCUT2D eigenvalue weighted by Gasteiger charge is -2.18. The minimum Gasteiger partial charge on any atom is -0.480 e. The first kappa shape index (κ1) is 14.6.